The molecule has 11 nitrogen and oxygen atoms in total. The van der Waals surface area contributed by atoms with Crippen LogP contribution in [0.2, 0.25) is 0 Å². The van der Waals surface area contributed by atoms with Crippen molar-refractivity contribution in [1.82, 2.24) is 19.1 Å². The second-order valence-electron chi connectivity index (χ2n) is 7.85. The number of fused-ring (bicyclic) bond motifs is 1. The Kier molecular flexibility index (Phi) is 6.97. The number of anilines is 1. The van der Waals surface area contributed by atoms with Gasteiger partial charge in [0, 0.05) is 7.05 Å². The summed E-state index contributed by atoms with van der Waals surface area (Å²) in [6, 6.07) is 16.5. The lowest BCUT2D eigenvalue weighted by Gasteiger charge is -2.15. The molecule has 2 heterocycles. The molecular formula is C24H26N6O5. The Morgan fingerprint density at radius 1 is 1.14 bits per heavy atom. The number of hydrogen-bond acceptors (Lipinski definition) is 8. The zero-order valence-electron chi connectivity index (χ0n) is 19.6. The number of H-pyrrole nitrogens is 1. The van der Waals surface area contributed by atoms with Crippen molar-refractivity contribution in [3.63, 3.8) is 0 Å². The number of benzene rings is 2. The Labute approximate surface area is 200 Å². The minimum absolute atomic E-state index is 0.0316. The number of methoxy groups -OCH3 is 1. The van der Waals surface area contributed by atoms with Gasteiger partial charge in [0.05, 0.1) is 19.4 Å². The molecule has 0 radical (unpaired) electrons. The Balaban J connectivity index is 1.62. The summed E-state index contributed by atoms with van der Waals surface area (Å²) in [7, 11) is 3.08. The molecule has 3 N–H and O–H groups in total. The van der Waals surface area contributed by atoms with Gasteiger partial charge in [-0.3, -0.25) is 14.3 Å². The van der Waals surface area contributed by atoms with Gasteiger partial charge in [0.1, 0.15) is 24.2 Å². The minimum Gasteiger partial charge on any atom is -0.497 e. The van der Waals surface area contributed by atoms with Crippen LogP contribution in [0.1, 0.15) is 12.5 Å². The van der Waals surface area contributed by atoms with Crippen LogP contribution in [-0.4, -0.2) is 49.7 Å². The highest BCUT2D eigenvalue weighted by molar-refractivity contribution is 5.99. The van der Waals surface area contributed by atoms with Crippen molar-refractivity contribution in [2.75, 3.05) is 19.1 Å². The first kappa shape index (κ1) is 23.8. The number of hydrogen-bond donors (Lipinski definition) is 3. The number of nitrogens with one attached hydrogen (secondary N) is 2. The molecule has 0 unspecified atom stereocenters. The van der Waals surface area contributed by atoms with E-state index in [9.17, 15) is 14.7 Å². The molecule has 0 fully saturated rings. The lowest BCUT2D eigenvalue weighted by molar-refractivity contribution is 0.0938. The second kappa shape index (κ2) is 10.3. The Morgan fingerprint density at radius 3 is 2.51 bits per heavy atom. The fraction of sp³-hybridized carbons (Fsp3) is 0.250. The van der Waals surface area contributed by atoms with Gasteiger partial charge in [-0.2, -0.15) is 10.1 Å². The van der Waals surface area contributed by atoms with Gasteiger partial charge >= 0.3 is 5.69 Å². The summed E-state index contributed by atoms with van der Waals surface area (Å²) in [5.41, 5.74) is 3.55. The van der Waals surface area contributed by atoms with Gasteiger partial charge < -0.3 is 19.1 Å². The van der Waals surface area contributed by atoms with Crippen molar-refractivity contribution in [3.8, 4) is 11.5 Å². The third kappa shape index (κ3) is 5.25. The Bertz CT molecular complexity index is 1450. The van der Waals surface area contributed by atoms with E-state index < -0.39 is 17.4 Å². The fourth-order valence-electron chi connectivity index (χ4n) is 3.50. The molecule has 4 aromatic rings. The van der Waals surface area contributed by atoms with Crippen molar-refractivity contribution in [1.29, 1.82) is 0 Å². The van der Waals surface area contributed by atoms with Crippen LogP contribution in [0.4, 0.5) is 5.95 Å². The van der Waals surface area contributed by atoms with E-state index in [0.717, 1.165) is 5.56 Å². The molecule has 0 spiro atoms. The van der Waals surface area contributed by atoms with Gasteiger partial charge in [0.25, 0.3) is 5.56 Å². The Hall–Kier alpha value is -4.38. The van der Waals surface area contributed by atoms with Crippen molar-refractivity contribution in [2.24, 2.45) is 12.1 Å². The number of aromatic nitrogens is 4. The van der Waals surface area contributed by atoms with Crippen molar-refractivity contribution in [2.45, 2.75) is 19.6 Å². The van der Waals surface area contributed by atoms with Crippen molar-refractivity contribution >= 4 is 22.8 Å². The molecule has 1 atom stereocenters. The predicted octanol–water partition coefficient (Wildman–Crippen LogP) is 1.71. The van der Waals surface area contributed by atoms with E-state index in [1.54, 1.807) is 31.4 Å². The van der Waals surface area contributed by atoms with E-state index in [2.05, 4.69) is 20.5 Å². The third-order valence-corrected chi connectivity index (χ3v) is 5.42. The summed E-state index contributed by atoms with van der Waals surface area (Å²) in [6.45, 7) is 1.76. The maximum atomic E-state index is 12.6. The van der Waals surface area contributed by atoms with Crippen LogP contribution in [0, 0.1) is 0 Å². The predicted molar refractivity (Wildman–Crippen MR) is 132 cm³/mol. The van der Waals surface area contributed by atoms with Crippen LogP contribution in [0.5, 0.6) is 11.5 Å². The van der Waals surface area contributed by atoms with Crippen LogP contribution in [-0.2, 0) is 13.6 Å². The van der Waals surface area contributed by atoms with E-state index in [1.165, 1.54) is 16.2 Å². The highest BCUT2D eigenvalue weighted by atomic mass is 16.5. The summed E-state index contributed by atoms with van der Waals surface area (Å²) < 4.78 is 13.5. The molecule has 2 aromatic heterocycles. The Morgan fingerprint density at radius 2 is 1.83 bits per heavy atom. The van der Waals surface area contributed by atoms with Crippen LogP contribution in [0.15, 0.2) is 69.3 Å². The zero-order valence-corrected chi connectivity index (χ0v) is 19.6. The zero-order chi connectivity index (χ0) is 24.9. The summed E-state index contributed by atoms with van der Waals surface area (Å²) in [4.78, 5) is 31.4. The smallest absolute Gasteiger partial charge is 0.329 e. The highest BCUT2D eigenvalue weighted by Crippen LogP contribution is 2.19. The van der Waals surface area contributed by atoms with Gasteiger partial charge in [0.2, 0.25) is 5.95 Å². The maximum Gasteiger partial charge on any atom is 0.329 e. The average Bonchev–Trinajstić information content (AvgIpc) is 3.24. The van der Waals surface area contributed by atoms with Gasteiger partial charge in [-0.1, -0.05) is 30.3 Å². The summed E-state index contributed by atoms with van der Waals surface area (Å²) in [6.07, 6.45) is -0.995. The van der Waals surface area contributed by atoms with Crippen LogP contribution < -0.4 is 26.1 Å². The monoisotopic (exact) mass is 478 g/mol. The molecule has 0 bridgehead atoms. The standard InChI is InChI=1S/C24H26N6O5/c1-15(16-7-5-4-6-8-16)27-28-23-25-21-20(22(32)26-24(33)29(21)2)30(23)13-17(31)14-35-19-11-9-18(34-3)10-12-19/h4-12,17,31H,13-14H2,1-3H3,(H,25,28)(H,26,32,33)/b27-15+/t17-/m0/s1. The van der Waals surface area contributed by atoms with Crippen LogP contribution >= 0.6 is 0 Å². The number of aliphatic hydroxyl groups excluding tert-OH is 1. The maximum absolute atomic E-state index is 12.6. The van der Waals surface area contributed by atoms with Gasteiger partial charge in [-0.05, 0) is 36.8 Å². The number of ether oxygens (including phenoxy) is 2. The molecule has 0 amide bonds. The van der Waals surface area contributed by atoms with E-state index in [4.69, 9.17) is 9.47 Å². The van der Waals surface area contributed by atoms with E-state index in [-0.39, 0.29) is 30.3 Å². The lowest BCUT2D eigenvalue weighted by Crippen LogP contribution is -2.30. The fourth-order valence-corrected chi connectivity index (χ4v) is 3.50. The molecule has 35 heavy (non-hydrogen) atoms. The largest absolute Gasteiger partial charge is 0.497 e. The van der Waals surface area contributed by atoms with Crippen LogP contribution in [0.3, 0.4) is 0 Å². The van der Waals surface area contributed by atoms with E-state index >= 15 is 0 Å². The number of nitrogens with zero attached hydrogens (tertiary/aromatic N) is 4. The average molecular weight is 479 g/mol. The summed E-state index contributed by atoms with van der Waals surface area (Å²) in [5.74, 6) is 1.45. The topological polar surface area (TPSA) is 136 Å². The number of aromatic amines is 1. The summed E-state index contributed by atoms with van der Waals surface area (Å²) >= 11 is 0. The number of rotatable bonds is 9. The van der Waals surface area contributed by atoms with Gasteiger partial charge in [0.15, 0.2) is 11.2 Å². The molecule has 0 saturated carbocycles. The number of aryl methyl sites for hydroxylation is 1. The minimum atomic E-state index is -0.995. The lowest BCUT2D eigenvalue weighted by atomic mass is 10.1. The second-order valence-corrected chi connectivity index (χ2v) is 7.85. The molecular weight excluding hydrogens is 452 g/mol. The molecule has 182 valence electrons. The molecule has 0 aliphatic rings. The molecule has 0 saturated heterocycles. The molecule has 0 aliphatic heterocycles. The number of aliphatic hydroxyl groups is 1. The number of hydrazone groups is 1. The summed E-state index contributed by atoms with van der Waals surface area (Å²) in [5, 5.41) is 15.1. The highest BCUT2D eigenvalue weighted by Gasteiger charge is 2.20. The quantitative estimate of drug-likeness (QED) is 0.246. The molecule has 4 rings (SSSR count). The van der Waals surface area contributed by atoms with Gasteiger partial charge in [-0.25, -0.2) is 10.2 Å². The number of imidazole rings is 1. The van der Waals surface area contributed by atoms with E-state index in [1.807, 2.05) is 37.3 Å². The third-order valence-electron chi connectivity index (χ3n) is 5.42. The van der Waals surface area contributed by atoms with Gasteiger partial charge in [-0.15, -0.1) is 0 Å². The van der Waals surface area contributed by atoms with E-state index in [0.29, 0.717) is 17.2 Å². The SMILES string of the molecule is COc1ccc(OC[C@@H](O)Cn2c(N/N=C(\C)c3ccccc3)nc3c2c(=O)[nH]c(=O)n3C)cc1. The molecule has 0 aliphatic carbocycles. The molecule has 11 heteroatoms. The molecule has 2 aromatic carbocycles. The normalized spacial score (nSPS) is 12.5. The first-order chi connectivity index (χ1) is 16.9. The first-order valence-electron chi connectivity index (χ1n) is 10.9. The van der Waals surface area contributed by atoms with Crippen molar-refractivity contribution in [3.05, 3.63) is 81.0 Å². The first-order valence-corrected chi connectivity index (χ1v) is 10.9. The van der Waals surface area contributed by atoms with Crippen molar-refractivity contribution < 1.29 is 14.6 Å². The van der Waals surface area contributed by atoms with Crippen LogP contribution in [0.25, 0.3) is 11.2 Å².